The minimum Gasteiger partial charge on any atom is -0.747 e. The maximum absolute atomic E-state index is 10.4. The maximum atomic E-state index is 10.4. The van der Waals surface area contributed by atoms with Gasteiger partial charge in [0.25, 0.3) is 0 Å². The van der Waals surface area contributed by atoms with Crippen molar-refractivity contribution in [1.29, 1.82) is 0 Å². The summed E-state index contributed by atoms with van der Waals surface area (Å²) in [5, 5.41) is -1.61. The molecule has 0 rings (SSSR count). The molecule has 1 atom stereocenters. The molecule has 0 bridgehead atoms. The van der Waals surface area contributed by atoms with Crippen molar-refractivity contribution in [3.8, 4) is 0 Å². The van der Waals surface area contributed by atoms with E-state index in [-0.39, 0.29) is 0 Å². The van der Waals surface area contributed by atoms with Crippen LogP contribution in [0.4, 0.5) is 0 Å². The smallest absolute Gasteiger partial charge is 0.322 e. The Morgan fingerprint density at radius 1 is 1.60 bits per heavy atom. The van der Waals surface area contributed by atoms with Crippen molar-refractivity contribution in [2.24, 2.45) is 0 Å². The second-order valence-electron chi connectivity index (χ2n) is 1.66. The first-order valence-corrected chi connectivity index (χ1v) is 3.89. The predicted octanol–water partition coefficient (Wildman–Crippen LogP) is -0.907. The number of ether oxygens (including phenoxy) is 1. The van der Waals surface area contributed by atoms with Crippen LogP contribution < -0.4 is 0 Å². The molecule has 0 spiro atoms. The number of hydrogen-bond acceptors (Lipinski definition) is 5. The van der Waals surface area contributed by atoms with Crippen molar-refractivity contribution in [3.63, 3.8) is 0 Å². The molecule has 0 aliphatic heterocycles. The number of hydrogen-bond donors (Lipinski definition) is 0. The van der Waals surface area contributed by atoms with Crippen molar-refractivity contribution < 1.29 is 22.5 Å². The fraction of sp³-hybridized carbons (Fsp3) is 0.750. The van der Waals surface area contributed by atoms with Gasteiger partial charge in [0.15, 0.2) is 0 Å². The zero-order valence-corrected chi connectivity index (χ0v) is 6.34. The zero-order chi connectivity index (χ0) is 8.36. The van der Waals surface area contributed by atoms with Gasteiger partial charge in [0, 0.05) is 0 Å². The van der Waals surface area contributed by atoms with Gasteiger partial charge >= 0.3 is 5.97 Å². The highest BCUT2D eigenvalue weighted by Crippen LogP contribution is 1.98. The van der Waals surface area contributed by atoms with Crippen LogP contribution in [0, 0.1) is 0 Å². The Hall–Kier alpha value is -0.620. The molecular weight excluding hydrogens is 160 g/mol. The summed E-state index contributed by atoms with van der Waals surface area (Å²) in [5.41, 5.74) is 0. The Labute approximate surface area is 58.7 Å². The molecule has 0 heterocycles. The molecule has 0 aliphatic rings. The summed E-state index contributed by atoms with van der Waals surface area (Å²) < 4.78 is 34.2. The van der Waals surface area contributed by atoms with Crippen LogP contribution in [0.5, 0.6) is 0 Å². The molecule has 0 aromatic heterocycles. The third-order valence-electron chi connectivity index (χ3n) is 0.966. The number of carbonyl (C=O) groups is 1. The van der Waals surface area contributed by atoms with Crippen molar-refractivity contribution in [3.05, 3.63) is 0 Å². The van der Waals surface area contributed by atoms with Gasteiger partial charge in [-0.1, -0.05) is 0 Å². The predicted molar refractivity (Wildman–Crippen MR) is 31.2 cm³/mol. The maximum Gasteiger partial charge on any atom is 0.322 e. The SMILES string of the molecule is COC(=O)C(C)S(=O)(=O)[O-]. The third kappa shape index (κ3) is 2.32. The summed E-state index contributed by atoms with van der Waals surface area (Å²) in [6.45, 7) is 0.980. The van der Waals surface area contributed by atoms with Crippen molar-refractivity contribution in [2.75, 3.05) is 7.11 Å². The lowest BCUT2D eigenvalue weighted by Gasteiger charge is -2.12. The Bertz CT molecular complexity index is 216. The number of esters is 1. The number of methoxy groups -OCH3 is 1. The van der Waals surface area contributed by atoms with Crippen LogP contribution in [0.3, 0.4) is 0 Å². The second kappa shape index (κ2) is 2.98. The first kappa shape index (κ1) is 9.38. The minimum atomic E-state index is -4.54. The molecule has 6 heteroatoms. The standard InChI is InChI=1S/C4H8O5S/c1-3(4(5)9-2)10(6,7)8/h3H,1-2H3,(H,6,7,8)/p-1. The Morgan fingerprint density at radius 3 is 2.10 bits per heavy atom. The highest BCUT2D eigenvalue weighted by Gasteiger charge is 2.19. The fourth-order valence-electron chi connectivity index (χ4n) is 0.284. The molecule has 60 valence electrons. The summed E-state index contributed by atoms with van der Waals surface area (Å²) in [5.74, 6) is -1.03. The van der Waals surface area contributed by atoms with Crippen molar-refractivity contribution >= 4 is 16.1 Å². The molecule has 0 saturated carbocycles. The average Bonchev–Trinajstić information content (AvgIpc) is 1.83. The highest BCUT2D eigenvalue weighted by molar-refractivity contribution is 7.87. The van der Waals surface area contributed by atoms with E-state index in [1.54, 1.807) is 0 Å². The highest BCUT2D eigenvalue weighted by atomic mass is 32.2. The molecule has 0 radical (unpaired) electrons. The molecule has 5 nitrogen and oxygen atoms in total. The van der Waals surface area contributed by atoms with Crippen LogP contribution in [0.25, 0.3) is 0 Å². The Morgan fingerprint density at radius 2 is 2.00 bits per heavy atom. The largest absolute Gasteiger partial charge is 0.747 e. The van der Waals surface area contributed by atoms with E-state index in [1.165, 1.54) is 0 Å². The molecule has 1 unspecified atom stereocenters. The summed E-state index contributed by atoms with van der Waals surface area (Å²) >= 11 is 0. The lowest BCUT2D eigenvalue weighted by molar-refractivity contribution is -0.139. The van der Waals surface area contributed by atoms with Crippen molar-refractivity contribution in [2.45, 2.75) is 12.2 Å². The second-order valence-corrected chi connectivity index (χ2v) is 3.35. The fourth-order valence-corrected chi connectivity index (χ4v) is 0.616. The summed E-state index contributed by atoms with van der Waals surface area (Å²) in [7, 11) is -3.52. The van der Waals surface area contributed by atoms with Crippen LogP contribution in [-0.4, -0.2) is 31.3 Å². The van der Waals surface area contributed by atoms with Gasteiger partial charge in [-0.05, 0) is 6.92 Å². The first-order valence-electron chi connectivity index (χ1n) is 2.42. The van der Waals surface area contributed by atoms with Crippen LogP contribution in [0.1, 0.15) is 6.92 Å². The molecule has 0 aromatic carbocycles. The number of rotatable bonds is 2. The molecule has 10 heavy (non-hydrogen) atoms. The lowest BCUT2D eigenvalue weighted by atomic mass is 10.5. The van der Waals surface area contributed by atoms with Crippen LogP contribution in [0.15, 0.2) is 0 Å². The average molecular weight is 167 g/mol. The molecule has 0 aromatic rings. The van der Waals surface area contributed by atoms with Gasteiger partial charge in [-0.25, -0.2) is 8.42 Å². The zero-order valence-electron chi connectivity index (χ0n) is 5.53. The van der Waals surface area contributed by atoms with Gasteiger partial charge < -0.3 is 9.29 Å². The van der Waals surface area contributed by atoms with E-state index in [2.05, 4.69) is 4.74 Å². The Balaban J connectivity index is 4.39. The van der Waals surface area contributed by atoms with Gasteiger partial charge in [-0.3, -0.25) is 4.79 Å². The van der Waals surface area contributed by atoms with Crippen LogP contribution in [0.2, 0.25) is 0 Å². The summed E-state index contributed by atoms with van der Waals surface area (Å²) in [4.78, 5) is 10.4. The van der Waals surface area contributed by atoms with Crippen LogP contribution in [-0.2, 0) is 19.6 Å². The Kier molecular flexibility index (Phi) is 2.79. The van der Waals surface area contributed by atoms with E-state index in [4.69, 9.17) is 0 Å². The molecule has 0 amide bonds. The summed E-state index contributed by atoms with van der Waals surface area (Å²) in [6.07, 6.45) is 0. The molecule has 0 saturated heterocycles. The minimum absolute atomic E-state index is 0.980. The van der Waals surface area contributed by atoms with E-state index in [1.807, 2.05) is 0 Å². The molecular formula is C4H7O5S-. The third-order valence-corrected chi connectivity index (χ3v) is 2.02. The van der Waals surface area contributed by atoms with E-state index < -0.39 is 21.3 Å². The first-order chi connectivity index (χ1) is 4.39. The van der Waals surface area contributed by atoms with Gasteiger partial charge in [-0.2, -0.15) is 0 Å². The van der Waals surface area contributed by atoms with E-state index >= 15 is 0 Å². The van der Waals surface area contributed by atoms with Gasteiger partial charge in [0.2, 0.25) is 0 Å². The molecule has 0 aliphatic carbocycles. The topological polar surface area (TPSA) is 83.5 Å². The van der Waals surface area contributed by atoms with Gasteiger partial charge in [-0.15, -0.1) is 0 Å². The molecule has 0 fully saturated rings. The normalized spacial score (nSPS) is 14.3. The number of carbonyl (C=O) groups excluding carboxylic acids is 1. The quantitative estimate of drug-likeness (QED) is 0.393. The lowest BCUT2D eigenvalue weighted by Crippen LogP contribution is -2.27. The van der Waals surface area contributed by atoms with Crippen molar-refractivity contribution in [1.82, 2.24) is 0 Å². The van der Waals surface area contributed by atoms with E-state index in [0.717, 1.165) is 14.0 Å². The van der Waals surface area contributed by atoms with Gasteiger partial charge in [0.05, 0.1) is 7.11 Å². The summed E-state index contributed by atoms with van der Waals surface area (Å²) in [6, 6.07) is 0. The van der Waals surface area contributed by atoms with E-state index in [0.29, 0.717) is 0 Å². The monoisotopic (exact) mass is 167 g/mol. The van der Waals surface area contributed by atoms with Crippen LogP contribution >= 0.6 is 0 Å². The van der Waals surface area contributed by atoms with Gasteiger partial charge in [0.1, 0.15) is 15.4 Å². The van der Waals surface area contributed by atoms with E-state index in [9.17, 15) is 17.8 Å². The molecule has 0 N–H and O–H groups in total.